The zero-order valence-corrected chi connectivity index (χ0v) is 10.3. The molecule has 0 heterocycles. The highest BCUT2D eigenvalue weighted by Gasteiger charge is 2.13. The predicted octanol–water partition coefficient (Wildman–Crippen LogP) is 3.69. The van der Waals surface area contributed by atoms with Gasteiger partial charge in [0.15, 0.2) is 11.5 Å². The number of hydrogen-bond acceptors (Lipinski definition) is 2. The Morgan fingerprint density at radius 3 is 2.24 bits per heavy atom. The van der Waals surface area contributed by atoms with Gasteiger partial charge in [0.1, 0.15) is 0 Å². The number of aromatic hydroxyl groups is 2. The van der Waals surface area contributed by atoms with E-state index in [9.17, 15) is 10.2 Å². The van der Waals surface area contributed by atoms with E-state index in [0.29, 0.717) is 5.56 Å². The molecule has 0 saturated heterocycles. The molecule has 2 nitrogen and oxygen atoms in total. The summed E-state index contributed by atoms with van der Waals surface area (Å²) < 4.78 is 0. The lowest BCUT2D eigenvalue weighted by molar-refractivity contribution is 0.402. The summed E-state index contributed by atoms with van der Waals surface area (Å²) >= 11 is 0. The van der Waals surface area contributed by atoms with Crippen molar-refractivity contribution in [2.24, 2.45) is 0 Å². The Labute approximate surface area is 101 Å². The van der Waals surface area contributed by atoms with Gasteiger partial charge in [0.05, 0.1) is 0 Å². The van der Waals surface area contributed by atoms with E-state index in [-0.39, 0.29) is 11.5 Å². The smallest absolute Gasteiger partial charge is 0.165 e. The zero-order valence-electron chi connectivity index (χ0n) is 10.3. The van der Waals surface area contributed by atoms with Crippen molar-refractivity contribution in [3.8, 4) is 22.6 Å². The molecule has 2 aromatic carbocycles. The number of benzene rings is 2. The minimum atomic E-state index is -0.0429. The van der Waals surface area contributed by atoms with E-state index in [4.69, 9.17) is 0 Å². The van der Waals surface area contributed by atoms with Gasteiger partial charge in [0.25, 0.3) is 0 Å². The molecule has 2 rings (SSSR count). The van der Waals surface area contributed by atoms with Crippen LogP contribution in [0.25, 0.3) is 11.1 Å². The summed E-state index contributed by atoms with van der Waals surface area (Å²) in [5.74, 6) is -0.0693. The summed E-state index contributed by atoms with van der Waals surface area (Å²) in [6, 6.07) is 9.76. The van der Waals surface area contributed by atoms with Crippen molar-refractivity contribution in [3.05, 3.63) is 47.0 Å². The maximum atomic E-state index is 10.00. The molecule has 0 unspecified atom stereocenters. The molecule has 0 fully saturated rings. The van der Waals surface area contributed by atoms with Gasteiger partial charge in [-0.1, -0.05) is 29.8 Å². The Kier molecular flexibility index (Phi) is 2.80. The van der Waals surface area contributed by atoms with Crippen LogP contribution in [0.4, 0.5) is 0 Å². The van der Waals surface area contributed by atoms with Crippen LogP contribution in [0.5, 0.6) is 11.5 Å². The van der Waals surface area contributed by atoms with E-state index in [2.05, 4.69) is 0 Å². The summed E-state index contributed by atoms with van der Waals surface area (Å²) in [6.45, 7) is 5.72. The van der Waals surface area contributed by atoms with Gasteiger partial charge in [-0.25, -0.2) is 0 Å². The van der Waals surface area contributed by atoms with Crippen molar-refractivity contribution in [3.63, 3.8) is 0 Å². The van der Waals surface area contributed by atoms with Crippen molar-refractivity contribution >= 4 is 0 Å². The molecule has 0 bridgehead atoms. The second kappa shape index (κ2) is 4.13. The molecule has 0 aliphatic heterocycles. The van der Waals surface area contributed by atoms with E-state index < -0.39 is 0 Å². The van der Waals surface area contributed by atoms with Gasteiger partial charge in [-0.3, -0.25) is 0 Å². The fourth-order valence-electron chi connectivity index (χ4n) is 1.92. The van der Waals surface area contributed by atoms with E-state index in [0.717, 1.165) is 22.3 Å². The third kappa shape index (κ3) is 1.98. The van der Waals surface area contributed by atoms with Gasteiger partial charge < -0.3 is 10.2 Å². The summed E-state index contributed by atoms with van der Waals surface area (Å²) in [6.07, 6.45) is 0. The van der Waals surface area contributed by atoms with Crippen LogP contribution in [0.15, 0.2) is 30.3 Å². The number of phenolic OH excluding ortho intramolecular Hbond substituents is 2. The first-order chi connectivity index (χ1) is 8.00. The molecule has 0 aromatic heterocycles. The van der Waals surface area contributed by atoms with E-state index in [1.165, 1.54) is 0 Å². The molecule has 0 atom stereocenters. The molecule has 0 radical (unpaired) electrons. The van der Waals surface area contributed by atoms with E-state index in [1.807, 2.05) is 44.2 Å². The average molecular weight is 228 g/mol. The van der Waals surface area contributed by atoms with Crippen LogP contribution in [0.3, 0.4) is 0 Å². The second-order valence-corrected chi connectivity index (χ2v) is 4.43. The summed E-state index contributed by atoms with van der Waals surface area (Å²) in [5.41, 5.74) is 4.41. The highest BCUT2D eigenvalue weighted by Crippen LogP contribution is 2.40. The van der Waals surface area contributed by atoms with Gasteiger partial charge in [0, 0.05) is 5.56 Å². The third-order valence-electron chi connectivity index (χ3n) is 3.12. The molecule has 88 valence electrons. The Balaban J connectivity index is 2.68. The van der Waals surface area contributed by atoms with Crippen LogP contribution in [0.1, 0.15) is 16.7 Å². The zero-order chi connectivity index (χ0) is 12.6. The first-order valence-corrected chi connectivity index (χ1v) is 5.60. The lowest BCUT2D eigenvalue weighted by atomic mass is 9.97. The maximum absolute atomic E-state index is 10.00. The molecule has 0 spiro atoms. The standard InChI is InChI=1S/C15H16O2/c1-9-5-4-6-12(7-9)13-8-10(2)11(3)14(16)15(13)17/h4-8,16-17H,1-3H3. The average Bonchev–Trinajstić information content (AvgIpc) is 2.31. The fraction of sp³-hybridized carbons (Fsp3) is 0.200. The second-order valence-electron chi connectivity index (χ2n) is 4.43. The van der Waals surface area contributed by atoms with Crippen LogP contribution >= 0.6 is 0 Å². The minimum absolute atomic E-state index is 0.0264. The summed E-state index contributed by atoms with van der Waals surface area (Å²) in [4.78, 5) is 0. The van der Waals surface area contributed by atoms with Gasteiger partial charge in [-0.2, -0.15) is 0 Å². The largest absolute Gasteiger partial charge is 0.504 e. The Morgan fingerprint density at radius 2 is 1.59 bits per heavy atom. The highest BCUT2D eigenvalue weighted by molar-refractivity contribution is 5.75. The van der Waals surface area contributed by atoms with Crippen LogP contribution < -0.4 is 0 Å². The quantitative estimate of drug-likeness (QED) is 0.731. The Bertz CT molecular complexity index is 571. The van der Waals surface area contributed by atoms with Gasteiger partial charge in [-0.05, 0) is 43.5 Å². The summed E-state index contributed by atoms with van der Waals surface area (Å²) in [7, 11) is 0. The van der Waals surface area contributed by atoms with Crippen molar-refractivity contribution < 1.29 is 10.2 Å². The third-order valence-corrected chi connectivity index (χ3v) is 3.12. The molecule has 2 aromatic rings. The Morgan fingerprint density at radius 1 is 0.882 bits per heavy atom. The maximum Gasteiger partial charge on any atom is 0.165 e. The molecule has 0 saturated carbocycles. The predicted molar refractivity (Wildman–Crippen MR) is 69.4 cm³/mol. The van der Waals surface area contributed by atoms with Gasteiger partial charge in [-0.15, -0.1) is 0 Å². The topological polar surface area (TPSA) is 40.5 Å². The molecule has 0 amide bonds. The summed E-state index contributed by atoms with van der Waals surface area (Å²) in [5, 5.41) is 19.8. The SMILES string of the molecule is Cc1cccc(-c2cc(C)c(C)c(O)c2O)c1. The lowest BCUT2D eigenvalue weighted by Crippen LogP contribution is -1.87. The monoisotopic (exact) mass is 228 g/mol. The highest BCUT2D eigenvalue weighted by atomic mass is 16.3. The molecule has 2 heteroatoms. The molecular formula is C15H16O2. The number of aryl methyl sites for hydroxylation is 2. The van der Waals surface area contributed by atoms with Gasteiger partial charge >= 0.3 is 0 Å². The van der Waals surface area contributed by atoms with Crippen molar-refractivity contribution in [1.29, 1.82) is 0 Å². The van der Waals surface area contributed by atoms with Gasteiger partial charge in [0.2, 0.25) is 0 Å². The molecular weight excluding hydrogens is 212 g/mol. The van der Waals surface area contributed by atoms with Crippen molar-refractivity contribution in [1.82, 2.24) is 0 Å². The first-order valence-electron chi connectivity index (χ1n) is 5.60. The van der Waals surface area contributed by atoms with Crippen molar-refractivity contribution in [2.75, 3.05) is 0 Å². The Hall–Kier alpha value is -1.96. The molecule has 0 aliphatic rings. The first kappa shape index (κ1) is 11.5. The van der Waals surface area contributed by atoms with Crippen LogP contribution in [-0.2, 0) is 0 Å². The normalized spacial score (nSPS) is 10.5. The molecule has 17 heavy (non-hydrogen) atoms. The lowest BCUT2D eigenvalue weighted by Gasteiger charge is -2.12. The number of rotatable bonds is 1. The molecule has 0 aliphatic carbocycles. The minimum Gasteiger partial charge on any atom is -0.504 e. The van der Waals surface area contributed by atoms with Crippen LogP contribution in [0.2, 0.25) is 0 Å². The van der Waals surface area contributed by atoms with E-state index >= 15 is 0 Å². The number of hydrogen-bond donors (Lipinski definition) is 2. The van der Waals surface area contributed by atoms with Crippen LogP contribution in [0, 0.1) is 20.8 Å². The molecule has 2 N–H and O–H groups in total. The fourth-order valence-corrected chi connectivity index (χ4v) is 1.92. The van der Waals surface area contributed by atoms with Crippen molar-refractivity contribution in [2.45, 2.75) is 20.8 Å². The van der Waals surface area contributed by atoms with E-state index in [1.54, 1.807) is 6.92 Å². The van der Waals surface area contributed by atoms with Crippen LogP contribution in [-0.4, -0.2) is 10.2 Å². The number of phenols is 2.